The number of hydrogen-bond donors (Lipinski definition) is 4. The first-order valence-electron chi connectivity index (χ1n) is 15.3. The molecule has 13 heteroatoms. The van der Waals surface area contributed by atoms with Gasteiger partial charge in [0.15, 0.2) is 0 Å². The lowest BCUT2D eigenvalue weighted by Gasteiger charge is -2.31. The van der Waals surface area contributed by atoms with Crippen molar-refractivity contribution in [2.75, 3.05) is 11.4 Å². The van der Waals surface area contributed by atoms with Crippen LogP contribution in [0.1, 0.15) is 76.1 Å². The summed E-state index contributed by atoms with van der Waals surface area (Å²) in [5, 5.41) is 25.0. The molecule has 1 aliphatic heterocycles. The molecule has 12 nitrogen and oxygen atoms in total. The SMILES string of the molecule is CC(=O)NCCC1(C(=O)NC(Cc2ccc(N3C(=O)[C@@H](C)N(C(=O)CCC(=O)O)C3c3ccc(Cl)cc3)cc2)C(=O)O)CCCC1. The molecule has 4 amide bonds. The number of rotatable bonds is 13. The summed E-state index contributed by atoms with van der Waals surface area (Å²) in [6.45, 7) is 3.32. The number of carboxylic acid groups (broad SMARTS) is 2. The number of carbonyl (C=O) groups is 6. The Hall–Kier alpha value is -4.45. The van der Waals surface area contributed by atoms with E-state index in [0.717, 1.165) is 12.8 Å². The summed E-state index contributed by atoms with van der Waals surface area (Å²) in [5.41, 5.74) is 0.917. The molecule has 0 spiro atoms. The predicted octanol–water partition coefficient (Wildman–Crippen LogP) is 3.67. The molecule has 2 aromatic carbocycles. The zero-order valence-electron chi connectivity index (χ0n) is 25.8. The van der Waals surface area contributed by atoms with Gasteiger partial charge in [0.25, 0.3) is 5.91 Å². The van der Waals surface area contributed by atoms with Gasteiger partial charge >= 0.3 is 11.9 Å². The number of nitrogens with zero attached hydrogens (tertiary/aromatic N) is 2. The van der Waals surface area contributed by atoms with Crippen LogP contribution in [0.5, 0.6) is 0 Å². The third-order valence-corrected chi connectivity index (χ3v) is 9.06. The summed E-state index contributed by atoms with van der Waals surface area (Å²) in [5.74, 6) is -3.69. The highest BCUT2D eigenvalue weighted by atomic mass is 35.5. The summed E-state index contributed by atoms with van der Waals surface area (Å²) in [7, 11) is 0. The maximum absolute atomic E-state index is 13.6. The molecule has 1 saturated heterocycles. The van der Waals surface area contributed by atoms with Crippen molar-refractivity contribution in [3.05, 3.63) is 64.7 Å². The molecule has 4 N–H and O–H groups in total. The van der Waals surface area contributed by atoms with Crippen LogP contribution in [-0.4, -0.2) is 69.3 Å². The lowest BCUT2D eigenvalue weighted by molar-refractivity contribution is -0.144. The third kappa shape index (κ3) is 7.85. The molecule has 2 unspecified atom stereocenters. The Bertz CT molecular complexity index is 1470. The fourth-order valence-electron chi connectivity index (χ4n) is 6.35. The molecule has 0 aromatic heterocycles. The fraction of sp³-hybridized carbons (Fsp3) is 0.455. The number of anilines is 1. The highest BCUT2D eigenvalue weighted by molar-refractivity contribution is 6.30. The third-order valence-electron chi connectivity index (χ3n) is 8.81. The van der Waals surface area contributed by atoms with E-state index in [-0.39, 0.29) is 37.0 Å². The maximum atomic E-state index is 13.6. The number of aliphatic carboxylic acids is 2. The second-order valence-corrected chi connectivity index (χ2v) is 12.4. The minimum atomic E-state index is -1.20. The number of halogens is 1. The van der Waals surface area contributed by atoms with Crippen LogP contribution in [0.2, 0.25) is 5.02 Å². The van der Waals surface area contributed by atoms with Crippen molar-refractivity contribution < 1.29 is 39.0 Å². The van der Waals surface area contributed by atoms with Crippen LogP contribution in [0.4, 0.5) is 5.69 Å². The molecule has 46 heavy (non-hydrogen) atoms. The Morgan fingerprint density at radius 3 is 2.17 bits per heavy atom. The number of hydrogen-bond acceptors (Lipinski definition) is 6. The second kappa shape index (κ2) is 14.8. The summed E-state index contributed by atoms with van der Waals surface area (Å²) in [6.07, 6.45) is 1.83. The van der Waals surface area contributed by atoms with E-state index in [9.17, 15) is 33.9 Å². The molecule has 0 bridgehead atoms. The number of carboxylic acids is 2. The molecule has 1 saturated carbocycles. The predicted molar refractivity (Wildman–Crippen MR) is 169 cm³/mol. The lowest BCUT2D eigenvalue weighted by atomic mass is 9.81. The molecule has 4 rings (SSSR count). The monoisotopic (exact) mass is 654 g/mol. The minimum absolute atomic E-state index is 0.00606. The smallest absolute Gasteiger partial charge is 0.326 e. The Morgan fingerprint density at radius 1 is 0.978 bits per heavy atom. The minimum Gasteiger partial charge on any atom is -0.481 e. The number of amides is 4. The highest BCUT2D eigenvalue weighted by Gasteiger charge is 2.47. The summed E-state index contributed by atoms with van der Waals surface area (Å²) < 4.78 is 0. The van der Waals surface area contributed by atoms with Gasteiger partial charge in [0.2, 0.25) is 17.7 Å². The van der Waals surface area contributed by atoms with E-state index in [2.05, 4.69) is 10.6 Å². The Morgan fingerprint density at radius 2 is 1.61 bits per heavy atom. The quantitative estimate of drug-likeness (QED) is 0.253. The van der Waals surface area contributed by atoms with Crippen molar-refractivity contribution in [3.8, 4) is 0 Å². The van der Waals surface area contributed by atoms with Gasteiger partial charge in [-0.3, -0.25) is 28.9 Å². The van der Waals surface area contributed by atoms with Gasteiger partial charge in [0, 0.05) is 37.0 Å². The number of carbonyl (C=O) groups excluding carboxylic acids is 4. The molecule has 1 heterocycles. The fourth-order valence-corrected chi connectivity index (χ4v) is 6.47. The summed E-state index contributed by atoms with van der Waals surface area (Å²) >= 11 is 6.09. The van der Waals surface area contributed by atoms with E-state index in [1.165, 1.54) is 16.7 Å². The van der Waals surface area contributed by atoms with Crippen molar-refractivity contribution in [2.24, 2.45) is 5.41 Å². The van der Waals surface area contributed by atoms with Gasteiger partial charge in [-0.05, 0) is 61.6 Å². The van der Waals surface area contributed by atoms with Gasteiger partial charge in [-0.1, -0.05) is 48.7 Å². The van der Waals surface area contributed by atoms with Gasteiger partial charge < -0.3 is 25.7 Å². The van der Waals surface area contributed by atoms with Crippen LogP contribution in [0.15, 0.2) is 48.5 Å². The van der Waals surface area contributed by atoms with Crippen LogP contribution >= 0.6 is 11.6 Å². The second-order valence-electron chi connectivity index (χ2n) is 12.0. The van der Waals surface area contributed by atoms with E-state index >= 15 is 0 Å². The van der Waals surface area contributed by atoms with Crippen LogP contribution < -0.4 is 15.5 Å². The Balaban J connectivity index is 1.55. The van der Waals surface area contributed by atoms with E-state index in [4.69, 9.17) is 16.7 Å². The van der Waals surface area contributed by atoms with E-state index in [1.54, 1.807) is 55.5 Å². The summed E-state index contributed by atoms with van der Waals surface area (Å²) in [6, 6.07) is 11.3. The largest absolute Gasteiger partial charge is 0.481 e. The molecular formula is C33H39ClN4O8. The van der Waals surface area contributed by atoms with Crippen LogP contribution in [-0.2, 0) is 35.2 Å². The van der Waals surface area contributed by atoms with E-state index < -0.39 is 41.5 Å². The molecule has 2 fully saturated rings. The van der Waals surface area contributed by atoms with Crippen molar-refractivity contribution in [1.82, 2.24) is 15.5 Å². The zero-order valence-corrected chi connectivity index (χ0v) is 26.6. The van der Waals surface area contributed by atoms with Gasteiger partial charge in [0.1, 0.15) is 18.2 Å². The standard InChI is InChI=1S/C33H39ClN4O8/c1-20-30(43)38(29(23-7-9-24(34)10-8-23)37(20)27(40)13-14-28(41)42)25-11-5-22(6-12-25)19-26(31(44)45)36-32(46)33(15-3-4-16-33)17-18-35-21(2)39/h5-12,20,26,29H,3-4,13-19H2,1-2H3,(H,35,39)(H,36,46)(H,41,42)(H,44,45)/t20-,26?,29?/m1/s1. The first-order chi connectivity index (χ1) is 21.8. The van der Waals surface area contributed by atoms with Gasteiger partial charge in [-0.15, -0.1) is 0 Å². The first kappa shape index (κ1) is 34.4. The molecule has 2 aromatic rings. The number of nitrogens with one attached hydrogen (secondary N) is 2. The molecular weight excluding hydrogens is 616 g/mol. The van der Waals surface area contributed by atoms with Gasteiger partial charge in [-0.25, -0.2) is 4.79 Å². The van der Waals surface area contributed by atoms with Crippen molar-refractivity contribution >= 4 is 52.9 Å². The Labute approximate surface area is 272 Å². The summed E-state index contributed by atoms with van der Waals surface area (Å²) in [4.78, 5) is 77.8. The molecule has 3 atom stereocenters. The normalized spacial score (nSPS) is 19.5. The first-order valence-corrected chi connectivity index (χ1v) is 15.7. The van der Waals surface area contributed by atoms with Gasteiger partial charge in [0.05, 0.1) is 11.8 Å². The topological polar surface area (TPSA) is 173 Å². The highest BCUT2D eigenvalue weighted by Crippen LogP contribution is 2.42. The maximum Gasteiger partial charge on any atom is 0.326 e. The van der Waals surface area contributed by atoms with Crippen molar-refractivity contribution in [2.45, 2.75) is 83.5 Å². The molecule has 0 radical (unpaired) electrons. The average Bonchev–Trinajstić information content (AvgIpc) is 3.59. The molecule has 2 aliphatic rings. The van der Waals surface area contributed by atoms with E-state index in [1.807, 2.05) is 0 Å². The van der Waals surface area contributed by atoms with E-state index in [0.29, 0.717) is 47.6 Å². The van der Waals surface area contributed by atoms with Crippen LogP contribution in [0.25, 0.3) is 0 Å². The zero-order chi connectivity index (χ0) is 33.6. The molecule has 1 aliphatic carbocycles. The molecule has 246 valence electrons. The Kier molecular flexibility index (Phi) is 11.0. The van der Waals surface area contributed by atoms with Gasteiger partial charge in [-0.2, -0.15) is 0 Å². The van der Waals surface area contributed by atoms with Crippen LogP contribution in [0, 0.1) is 5.41 Å². The van der Waals surface area contributed by atoms with Crippen molar-refractivity contribution in [1.29, 1.82) is 0 Å². The number of benzene rings is 2. The lowest BCUT2D eigenvalue weighted by Crippen LogP contribution is -2.49. The van der Waals surface area contributed by atoms with Crippen molar-refractivity contribution in [3.63, 3.8) is 0 Å². The van der Waals surface area contributed by atoms with Crippen LogP contribution in [0.3, 0.4) is 0 Å². The average molecular weight is 655 g/mol.